The summed E-state index contributed by atoms with van der Waals surface area (Å²) in [5.41, 5.74) is 5.14. The first kappa shape index (κ1) is 13.0. The molecule has 2 N–H and O–H groups in total. The molecule has 5 heteroatoms. The van der Waals surface area contributed by atoms with Gasteiger partial charge in [-0.2, -0.15) is 0 Å². The smallest absolute Gasteiger partial charge is 0.269 e. The molecule has 0 aliphatic carbocycles. The number of ether oxygens (including phenoxy) is 1. The quantitative estimate of drug-likeness (QED) is 0.773. The molecule has 0 bridgehead atoms. The van der Waals surface area contributed by atoms with E-state index in [4.69, 9.17) is 4.74 Å². The third-order valence-electron chi connectivity index (χ3n) is 2.14. The number of amides is 2. The maximum Gasteiger partial charge on any atom is 0.269 e. The molecular formula is C12H16N2O3. The number of hydrazine groups is 1. The van der Waals surface area contributed by atoms with E-state index in [1.807, 2.05) is 6.92 Å². The highest BCUT2D eigenvalue weighted by molar-refractivity contribution is 5.95. The van der Waals surface area contributed by atoms with Gasteiger partial charge in [0.1, 0.15) is 5.75 Å². The molecule has 1 rings (SSSR count). The maximum absolute atomic E-state index is 11.6. The molecule has 0 aliphatic rings. The van der Waals surface area contributed by atoms with Crippen LogP contribution in [-0.4, -0.2) is 18.9 Å². The Hall–Kier alpha value is -2.04. The molecule has 0 unspecified atom stereocenters. The summed E-state index contributed by atoms with van der Waals surface area (Å²) < 4.78 is 4.98. The molecule has 0 spiro atoms. The first-order valence-corrected chi connectivity index (χ1v) is 5.40. The minimum absolute atomic E-state index is 0.200. The van der Waals surface area contributed by atoms with Crippen LogP contribution in [0.3, 0.4) is 0 Å². The van der Waals surface area contributed by atoms with Gasteiger partial charge in [-0.1, -0.05) is 6.92 Å². The minimum atomic E-state index is -0.350. The van der Waals surface area contributed by atoms with Gasteiger partial charge in [0.25, 0.3) is 5.91 Å². The van der Waals surface area contributed by atoms with E-state index >= 15 is 0 Å². The first-order valence-electron chi connectivity index (χ1n) is 5.40. The van der Waals surface area contributed by atoms with Gasteiger partial charge in [0.15, 0.2) is 0 Å². The van der Waals surface area contributed by atoms with Crippen molar-refractivity contribution < 1.29 is 14.3 Å². The number of carbonyl (C=O) groups is 2. The lowest BCUT2D eigenvalue weighted by Gasteiger charge is -2.07. The van der Waals surface area contributed by atoms with Crippen LogP contribution >= 0.6 is 0 Å². The van der Waals surface area contributed by atoms with Crippen molar-refractivity contribution in [2.45, 2.75) is 19.8 Å². The molecule has 0 saturated heterocycles. The van der Waals surface area contributed by atoms with Gasteiger partial charge in [0, 0.05) is 12.0 Å². The van der Waals surface area contributed by atoms with Gasteiger partial charge in [-0.05, 0) is 30.7 Å². The molecule has 92 valence electrons. The zero-order valence-corrected chi connectivity index (χ0v) is 9.95. The molecule has 0 saturated carbocycles. The standard InChI is InChI=1S/C12H16N2O3/c1-3-4-11(15)13-14-12(16)9-5-7-10(17-2)8-6-9/h5-8H,3-4H2,1-2H3,(H,13,15)(H,14,16). The molecule has 0 fully saturated rings. The van der Waals surface area contributed by atoms with E-state index in [0.717, 1.165) is 6.42 Å². The Kier molecular flexibility index (Phi) is 5.00. The monoisotopic (exact) mass is 236 g/mol. The van der Waals surface area contributed by atoms with E-state index in [2.05, 4.69) is 10.9 Å². The second kappa shape index (κ2) is 6.52. The Morgan fingerprint density at radius 3 is 2.35 bits per heavy atom. The van der Waals surface area contributed by atoms with Crippen molar-refractivity contribution in [2.75, 3.05) is 7.11 Å². The van der Waals surface area contributed by atoms with E-state index in [1.165, 1.54) is 0 Å². The molecule has 5 nitrogen and oxygen atoms in total. The van der Waals surface area contributed by atoms with E-state index < -0.39 is 0 Å². The van der Waals surface area contributed by atoms with E-state index in [0.29, 0.717) is 17.7 Å². The minimum Gasteiger partial charge on any atom is -0.497 e. The Morgan fingerprint density at radius 1 is 1.18 bits per heavy atom. The van der Waals surface area contributed by atoms with Crippen LogP contribution in [0.4, 0.5) is 0 Å². The summed E-state index contributed by atoms with van der Waals surface area (Å²) in [5.74, 6) is 0.128. The van der Waals surface area contributed by atoms with Crippen LogP contribution in [0.1, 0.15) is 30.1 Å². The number of benzene rings is 1. The van der Waals surface area contributed by atoms with Gasteiger partial charge in [-0.15, -0.1) is 0 Å². The Labute approximate surface area is 100 Å². The van der Waals surface area contributed by atoms with E-state index in [1.54, 1.807) is 31.4 Å². The molecule has 17 heavy (non-hydrogen) atoms. The van der Waals surface area contributed by atoms with Crippen molar-refractivity contribution in [1.29, 1.82) is 0 Å². The Balaban J connectivity index is 2.49. The maximum atomic E-state index is 11.6. The fraction of sp³-hybridized carbons (Fsp3) is 0.333. The fourth-order valence-corrected chi connectivity index (χ4v) is 1.23. The van der Waals surface area contributed by atoms with Crippen LogP contribution in [0.25, 0.3) is 0 Å². The predicted molar refractivity (Wildman–Crippen MR) is 63.5 cm³/mol. The number of rotatable bonds is 4. The summed E-state index contributed by atoms with van der Waals surface area (Å²) in [6, 6.07) is 6.62. The van der Waals surface area contributed by atoms with Gasteiger partial charge in [-0.3, -0.25) is 20.4 Å². The normalized spacial score (nSPS) is 9.53. The van der Waals surface area contributed by atoms with Crippen molar-refractivity contribution >= 4 is 11.8 Å². The van der Waals surface area contributed by atoms with Crippen molar-refractivity contribution in [3.63, 3.8) is 0 Å². The number of hydrogen-bond acceptors (Lipinski definition) is 3. The molecule has 0 aromatic heterocycles. The van der Waals surface area contributed by atoms with Crippen LogP contribution in [-0.2, 0) is 4.79 Å². The fourth-order valence-electron chi connectivity index (χ4n) is 1.23. The van der Waals surface area contributed by atoms with Gasteiger partial charge in [0.05, 0.1) is 7.11 Å². The van der Waals surface area contributed by atoms with Gasteiger partial charge in [-0.25, -0.2) is 0 Å². The lowest BCUT2D eigenvalue weighted by atomic mass is 10.2. The topological polar surface area (TPSA) is 67.4 Å². The summed E-state index contributed by atoms with van der Waals surface area (Å²) in [6.07, 6.45) is 1.13. The molecule has 1 aromatic rings. The summed E-state index contributed by atoms with van der Waals surface area (Å²) in [6.45, 7) is 1.89. The average Bonchev–Trinajstić information content (AvgIpc) is 2.36. The Morgan fingerprint density at radius 2 is 1.82 bits per heavy atom. The van der Waals surface area contributed by atoms with Crippen molar-refractivity contribution in [1.82, 2.24) is 10.9 Å². The van der Waals surface area contributed by atoms with Gasteiger partial charge >= 0.3 is 0 Å². The SMILES string of the molecule is CCCC(=O)NNC(=O)c1ccc(OC)cc1. The molecule has 2 amide bonds. The second-order valence-electron chi connectivity index (χ2n) is 3.48. The second-order valence-corrected chi connectivity index (χ2v) is 3.48. The highest BCUT2D eigenvalue weighted by Crippen LogP contribution is 2.10. The van der Waals surface area contributed by atoms with Crippen LogP contribution < -0.4 is 15.6 Å². The van der Waals surface area contributed by atoms with Gasteiger partial charge in [0.2, 0.25) is 5.91 Å². The van der Waals surface area contributed by atoms with Gasteiger partial charge < -0.3 is 4.74 Å². The van der Waals surface area contributed by atoms with Crippen molar-refractivity contribution in [3.8, 4) is 5.75 Å². The molecular weight excluding hydrogens is 220 g/mol. The lowest BCUT2D eigenvalue weighted by Crippen LogP contribution is -2.41. The lowest BCUT2D eigenvalue weighted by molar-refractivity contribution is -0.121. The summed E-state index contributed by atoms with van der Waals surface area (Å²) >= 11 is 0. The largest absolute Gasteiger partial charge is 0.497 e. The van der Waals surface area contributed by atoms with Crippen molar-refractivity contribution in [2.24, 2.45) is 0 Å². The number of nitrogens with one attached hydrogen (secondary N) is 2. The molecule has 0 atom stereocenters. The van der Waals surface area contributed by atoms with E-state index in [-0.39, 0.29) is 11.8 Å². The summed E-state index contributed by atoms with van der Waals surface area (Å²) in [4.78, 5) is 22.7. The third kappa shape index (κ3) is 4.14. The van der Waals surface area contributed by atoms with Crippen LogP contribution in [0.15, 0.2) is 24.3 Å². The zero-order chi connectivity index (χ0) is 12.7. The number of hydrogen-bond donors (Lipinski definition) is 2. The highest BCUT2D eigenvalue weighted by atomic mass is 16.5. The van der Waals surface area contributed by atoms with Crippen LogP contribution in [0.5, 0.6) is 5.75 Å². The number of carbonyl (C=O) groups excluding carboxylic acids is 2. The predicted octanol–water partition coefficient (Wildman–Crippen LogP) is 1.26. The molecule has 0 heterocycles. The average molecular weight is 236 g/mol. The first-order chi connectivity index (χ1) is 8.17. The third-order valence-corrected chi connectivity index (χ3v) is 2.14. The highest BCUT2D eigenvalue weighted by Gasteiger charge is 2.06. The summed E-state index contributed by atoms with van der Waals surface area (Å²) in [5, 5.41) is 0. The number of methoxy groups -OCH3 is 1. The summed E-state index contributed by atoms with van der Waals surface area (Å²) in [7, 11) is 1.56. The zero-order valence-electron chi connectivity index (χ0n) is 9.95. The molecule has 0 aliphatic heterocycles. The van der Waals surface area contributed by atoms with Crippen LogP contribution in [0.2, 0.25) is 0 Å². The van der Waals surface area contributed by atoms with E-state index in [9.17, 15) is 9.59 Å². The van der Waals surface area contributed by atoms with Crippen molar-refractivity contribution in [3.05, 3.63) is 29.8 Å². The Bertz CT molecular complexity index is 387. The molecule has 1 aromatic carbocycles. The van der Waals surface area contributed by atoms with Crippen LogP contribution in [0, 0.1) is 0 Å². The molecule has 0 radical (unpaired) electrons.